The predicted molar refractivity (Wildman–Crippen MR) is 94.6 cm³/mol. The second-order valence-electron chi connectivity index (χ2n) is 6.77. The van der Waals surface area contributed by atoms with Crippen LogP contribution in [0.15, 0.2) is 35.8 Å². The van der Waals surface area contributed by atoms with Crippen molar-refractivity contribution < 1.29 is 9.53 Å². The van der Waals surface area contributed by atoms with Crippen molar-refractivity contribution in [3.8, 4) is 5.75 Å². The Labute approximate surface area is 146 Å². The highest BCUT2D eigenvalue weighted by atomic mass is 32.1. The number of ether oxygens (including phenoxy) is 1. The quantitative estimate of drug-likeness (QED) is 0.853. The van der Waals surface area contributed by atoms with Crippen LogP contribution in [0.25, 0.3) is 0 Å². The summed E-state index contributed by atoms with van der Waals surface area (Å²) in [5.41, 5.74) is 0.835. The molecule has 126 valence electrons. The molecule has 1 aromatic carbocycles. The van der Waals surface area contributed by atoms with Gasteiger partial charge in [-0.2, -0.15) is 0 Å². The second-order valence-corrected chi connectivity index (χ2v) is 7.70. The van der Waals surface area contributed by atoms with Gasteiger partial charge >= 0.3 is 0 Å². The summed E-state index contributed by atoms with van der Waals surface area (Å²) in [5.74, 6) is 1.53. The molecule has 1 atom stereocenters. The number of hydrogen-bond acceptors (Lipinski definition) is 4. The number of hydrogen-bond donors (Lipinski definition) is 0. The molecule has 1 aliphatic carbocycles. The molecule has 0 N–H and O–H groups in total. The fourth-order valence-electron chi connectivity index (χ4n) is 3.76. The molecule has 1 aromatic heterocycles. The Morgan fingerprint density at radius 3 is 2.75 bits per heavy atom. The Bertz CT molecular complexity index is 707. The minimum absolute atomic E-state index is 0.295. The monoisotopic (exact) mass is 342 g/mol. The van der Waals surface area contributed by atoms with Gasteiger partial charge in [0.05, 0.1) is 17.5 Å². The first-order chi connectivity index (χ1) is 11.7. The van der Waals surface area contributed by atoms with Crippen LogP contribution in [-0.2, 0) is 10.2 Å². The topological polar surface area (TPSA) is 42.4 Å². The summed E-state index contributed by atoms with van der Waals surface area (Å²) in [6.45, 7) is 1.68. The molecular weight excluding hydrogens is 320 g/mol. The highest BCUT2D eigenvalue weighted by molar-refractivity contribution is 7.09. The van der Waals surface area contributed by atoms with Crippen molar-refractivity contribution in [2.45, 2.75) is 37.0 Å². The fraction of sp³-hybridized carbons (Fsp3) is 0.474. The number of nitrogens with zero attached hydrogens (tertiary/aromatic N) is 2. The summed E-state index contributed by atoms with van der Waals surface area (Å²) in [4.78, 5) is 19.8. The summed E-state index contributed by atoms with van der Waals surface area (Å²) in [5, 5.41) is 3.19. The molecule has 24 heavy (non-hydrogen) atoms. The van der Waals surface area contributed by atoms with Crippen molar-refractivity contribution in [3.63, 3.8) is 0 Å². The fourth-order valence-corrected chi connectivity index (χ4v) is 4.53. The summed E-state index contributed by atoms with van der Waals surface area (Å²) in [6, 6.07) is 8.01. The first-order valence-electron chi connectivity index (χ1n) is 8.56. The molecular formula is C19H22N2O2S. The zero-order valence-electron chi connectivity index (χ0n) is 13.9. The molecule has 0 radical (unpaired) electrons. The van der Waals surface area contributed by atoms with E-state index in [9.17, 15) is 4.79 Å². The van der Waals surface area contributed by atoms with Crippen molar-refractivity contribution in [1.82, 2.24) is 9.88 Å². The van der Waals surface area contributed by atoms with E-state index in [4.69, 9.17) is 4.74 Å². The number of rotatable bonds is 4. The van der Waals surface area contributed by atoms with Crippen molar-refractivity contribution >= 4 is 17.2 Å². The summed E-state index contributed by atoms with van der Waals surface area (Å²) >= 11 is 1.70. The van der Waals surface area contributed by atoms with E-state index in [1.807, 2.05) is 35.8 Å². The summed E-state index contributed by atoms with van der Waals surface area (Å²) in [7, 11) is 1.67. The molecule has 2 aromatic rings. The minimum atomic E-state index is -0.295. The maximum Gasteiger partial charge on any atom is 0.233 e. The lowest BCUT2D eigenvalue weighted by Gasteiger charge is -2.34. The number of amides is 1. The maximum absolute atomic E-state index is 13.2. The standard InChI is InChI=1S/C19H22N2O2S/c1-23-16-6-4-15(5-7-16)19(8-9-19)18(22)21-11-2-3-14(13-21)17-20-10-12-24-17/h4-7,10,12,14H,2-3,8-9,11,13H2,1H3. The number of carbonyl (C=O) groups is 1. The maximum atomic E-state index is 13.2. The third-order valence-corrected chi connectivity index (χ3v) is 6.25. The molecule has 4 rings (SSSR count). The lowest BCUT2D eigenvalue weighted by Crippen LogP contribution is -2.44. The molecule has 1 unspecified atom stereocenters. The van der Waals surface area contributed by atoms with Gasteiger partial charge in [0.15, 0.2) is 0 Å². The molecule has 1 saturated heterocycles. The van der Waals surface area contributed by atoms with Crippen LogP contribution in [0.3, 0.4) is 0 Å². The molecule has 2 aliphatic rings. The molecule has 4 nitrogen and oxygen atoms in total. The van der Waals surface area contributed by atoms with Gasteiger partial charge in [-0.25, -0.2) is 4.98 Å². The van der Waals surface area contributed by atoms with Gasteiger partial charge in [-0.15, -0.1) is 11.3 Å². The third-order valence-electron chi connectivity index (χ3n) is 5.31. The van der Waals surface area contributed by atoms with Crippen LogP contribution in [-0.4, -0.2) is 36.0 Å². The molecule has 1 saturated carbocycles. The second kappa shape index (κ2) is 6.20. The SMILES string of the molecule is COc1ccc(C2(C(=O)N3CCCC(c4nccs4)C3)CC2)cc1. The van der Waals surface area contributed by atoms with Gasteiger partial charge in [-0.3, -0.25) is 4.79 Å². The third kappa shape index (κ3) is 2.71. The number of likely N-dealkylation sites (tertiary alicyclic amines) is 1. The molecule has 1 aliphatic heterocycles. The number of aromatic nitrogens is 1. The Hall–Kier alpha value is -1.88. The molecule has 2 fully saturated rings. The van der Waals surface area contributed by atoms with Crippen LogP contribution in [0.4, 0.5) is 0 Å². The molecule has 2 heterocycles. The predicted octanol–water partition coefficient (Wildman–Crippen LogP) is 3.59. The van der Waals surface area contributed by atoms with E-state index < -0.39 is 0 Å². The van der Waals surface area contributed by atoms with E-state index in [2.05, 4.69) is 9.88 Å². The first-order valence-corrected chi connectivity index (χ1v) is 9.44. The zero-order chi connectivity index (χ0) is 16.6. The van der Waals surface area contributed by atoms with Gasteiger partial charge in [0.2, 0.25) is 5.91 Å². The summed E-state index contributed by atoms with van der Waals surface area (Å²) in [6.07, 6.45) is 5.97. The van der Waals surface area contributed by atoms with Crippen molar-refractivity contribution in [3.05, 3.63) is 46.4 Å². The van der Waals surface area contributed by atoms with Crippen molar-refractivity contribution in [1.29, 1.82) is 0 Å². The average Bonchev–Trinajstić information content (AvgIpc) is 3.27. The Morgan fingerprint density at radius 1 is 1.33 bits per heavy atom. The van der Waals surface area contributed by atoms with E-state index in [0.29, 0.717) is 11.8 Å². The minimum Gasteiger partial charge on any atom is -0.497 e. The van der Waals surface area contributed by atoms with Crippen molar-refractivity contribution in [2.75, 3.05) is 20.2 Å². The molecule has 1 amide bonds. The molecule has 0 spiro atoms. The van der Waals surface area contributed by atoms with Gasteiger partial charge < -0.3 is 9.64 Å². The van der Waals surface area contributed by atoms with Gasteiger partial charge in [-0.05, 0) is 43.4 Å². The summed E-state index contributed by atoms with van der Waals surface area (Å²) < 4.78 is 5.23. The number of methoxy groups -OCH3 is 1. The molecule has 0 bridgehead atoms. The van der Waals surface area contributed by atoms with E-state index in [0.717, 1.165) is 50.1 Å². The van der Waals surface area contributed by atoms with Crippen LogP contribution in [0, 0.1) is 0 Å². The normalized spacial score (nSPS) is 22.2. The first kappa shape index (κ1) is 15.6. The van der Waals surface area contributed by atoms with E-state index >= 15 is 0 Å². The molecule has 5 heteroatoms. The Morgan fingerprint density at radius 2 is 2.12 bits per heavy atom. The van der Waals surface area contributed by atoms with Gasteiger partial charge in [0, 0.05) is 30.6 Å². The van der Waals surface area contributed by atoms with Crippen LogP contribution in [0.5, 0.6) is 5.75 Å². The number of piperidine rings is 1. The van der Waals surface area contributed by atoms with E-state index in [1.54, 1.807) is 18.4 Å². The average molecular weight is 342 g/mol. The number of carbonyl (C=O) groups excluding carboxylic acids is 1. The zero-order valence-corrected chi connectivity index (χ0v) is 14.7. The van der Waals surface area contributed by atoms with Crippen LogP contribution < -0.4 is 4.74 Å². The highest BCUT2D eigenvalue weighted by Gasteiger charge is 2.53. The van der Waals surface area contributed by atoms with Crippen molar-refractivity contribution in [2.24, 2.45) is 0 Å². The lowest BCUT2D eigenvalue weighted by atomic mass is 9.91. The highest BCUT2D eigenvalue weighted by Crippen LogP contribution is 2.50. The van der Waals surface area contributed by atoms with Gasteiger partial charge in [0.1, 0.15) is 5.75 Å². The van der Waals surface area contributed by atoms with Gasteiger partial charge in [0.25, 0.3) is 0 Å². The van der Waals surface area contributed by atoms with Crippen LogP contribution in [0.1, 0.15) is 42.2 Å². The number of benzene rings is 1. The Kier molecular flexibility index (Phi) is 4.04. The van der Waals surface area contributed by atoms with E-state index in [-0.39, 0.29) is 5.41 Å². The number of thiazole rings is 1. The smallest absolute Gasteiger partial charge is 0.233 e. The largest absolute Gasteiger partial charge is 0.497 e. The van der Waals surface area contributed by atoms with Crippen LogP contribution >= 0.6 is 11.3 Å². The van der Waals surface area contributed by atoms with E-state index in [1.165, 1.54) is 5.01 Å². The lowest BCUT2D eigenvalue weighted by molar-refractivity contribution is -0.135. The van der Waals surface area contributed by atoms with Crippen LogP contribution in [0.2, 0.25) is 0 Å². The Balaban J connectivity index is 1.52. The van der Waals surface area contributed by atoms with Gasteiger partial charge in [-0.1, -0.05) is 12.1 Å².